The largest absolute Gasteiger partial charge is 2.00 e. The van der Waals surface area contributed by atoms with E-state index < -0.39 is 8.32 Å². The fraction of sp³-hybridized carbons (Fsp3) is 0.667. The standard InChI is InChI=1S/C13H25OSi.C5H7.Cu.Li/c1-7-10-12-13(9-3,11-8-2)14-15(4,5)6;1-3-5-4-2;;/h2,8-9H,3,7,10-12H2,1,4-6H3;3,5H2,1H3;;/q2*-1;+2;. The van der Waals surface area contributed by atoms with Crippen LogP contribution in [-0.4, -0.2) is 32.8 Å². The van der Waals surface area contributed by atoms with E-state index in [4.69, 9.17) is 17.4 Å². The summed E-state index contributed by atoms with van der Waals surface area (Å²) in [6.07, 6.45) is 15.9. The van der Waals surface area contributed by atoms with Gasteiger partial charge in [0, 0.05) is 18.9 Å². The molecule has 4 heteroatoms. The predicted octanol–water partition coefficient (Wildman–Crippen LogP) is 5.33. The van der Waals surface area contributed by atoms with Gasteiger partial charge in [0.2, 0.25) is 0 Å². The van der Waals surface area contributed by atoms with Crippen molar-refractivity contribution in [2.75, 3.05) is 0 Å². The molecule has 0 aromatic rings. The fourth-order valence-corrected chi connectivity index (χ4v) is 3.32. The summed E-state index contributed by atoms with van der Waals surface area (Å²) < 4.78 is 6.23. The molecule has 0 N–H and O–H groups in total. The topological polar surface area (TPSA) is 9.23 Å². The summed E-state index contributed by atoms with van der Waals surface area (Å²) in [5, 5.41) is 0. The molecule has 22 heavy (non-hydrogen) atoms. The second kappa shape index (κ2) is 17.7. The van der Waals surface area contributed by atoms with Crippen LogP contribution in [0.3, 0.4) is 0 Å². The van der Waals surface area contributed by atoms with Gasteiger partial charge in [0.15, 0.2) is 8.32 Å². The summed E-state index contributed by atoms with van der Waals surface area (Å²) >= 11 is 0. The van der Waals surface area contributed by atoms with E-state index in [1.54, 1.807) is 6.08 Å². The van der Waals surface area contributed by atoms with Crippen LogP contribution in [0.25, 0.3) is 0 Å². The zero-order chi connectivity index (χ0) is 16.1. The van der Waals surface area contributed by atoms with Crippen molar-refractivity contribution in [3.63, 3.8) is 0 Å². The van der Waals surface area contributed by atoms with Crippen LogP contribution in [0.1, 0.15) is 52.4 Å². The molecule has 0 heterocycles. The summed E-state index contributed by atoms with van der Waals surface area (Å²) in [4.78, 5) is 0. The SMILES string of the molecule is [C-]#CCCC.[CH-]=CCC(C=C)(CCCC)O[Si](C)(C)C.[Cu+2].[Li]. The van der Waals surface area contributed by atoms with Crippen LogP contribution in [0.5, 0.6) is 0 Å². The Balaban J connectivity index is -0.000000201. The van der Waals surface area contributed by atoms with E-state index in [-0.39, 0.29) is 41.5 Å². The van der Waals surface area contributed by atoms with Crippen LogP contribution in [0.15, 0.2) is 18.7 Å². The molecule has 0 spiro atoms. The molecule has 1 atom stereocenters. The molecule has 1 nitrogen and oxygen atoms in total. The van der Waals surface area contributed by atoms with Crippen molar-refractivity contribution in [1.29, 1.82) is 0 Å². The van der Waals surface area contributed by atoms with Crippen molar-refractivity contribution in [2.45, 2.75) is 77.6 Å². The smallest absolute Gasteiger partial charge is 0.694 e. The Morgan fingerprint density at radius 1 is 1.27 bits per heavy atom. The summed E-state index contributed by atoms with van der Waals surface area (Å²) in [6.45, 7) is 20.3. The van der Waals surface area contributed by atoms with Crippen molar-refractivity contribution < 1.29 is 21.5 Å². The van der Waals surface area contributed by atoms with Crippen molar-refractivity contribution in [1.82, 2.24) is 0 Å². The van der Waals surface area contributed by atoms with Gasteiger partial charge in [-0.05, 0) is 45.3 Å². The maximum absolute atomic E-state index is 6.35. The zero-order valence-electron chi connectivity index (χ0n) is 15.4. The first-order chi connectivity index (χ1) is 9.30. The van der Waals surface area contributed by atoms with E-state index in [2.05, 4.69) is 39.1 Å². The van der Waals surface area contributed by atoms with Crippen LogP contribution in [0, 0.1) is 18.9 Å². The van der Waals surface area contributed by atoms with Gasteiger partial charge in [0.05, 0.1) is 5.60 Å². The van der Waals surface area contributed by atoms with Gasteiger partial charge in [0.1, 0.15) is 0 Å². The van der Waals surface area contributed by atoms with Gasteiger partial charge in [-0.2, -0.15) is 0 Å². The van der Waals surface area contributed by atoms with Crippen molar-refractivity contribution >= 4 is 27.2 Å². The molecule has 126 valence electrons. The van der Waals surface area contributed by atoms with E-state index in [1.807, 2.05) is 13.0 Å². The van der Waals surface area contributed by atoms with E-state index in [0.29, 0.717) is 0 Å². The quantitative estimate of drug-likeness (QED) is 0.233. The third kappa shape index (κ3) is 18.4. The number of unbranched alkanes of at least 4 members (excludes halogenated alkanes) is 2. The van der Waals surface area contributed by atoms with E-state index in [1.165, 1.54) is 6.42 Å². The Morgan fingerprint density at radius 3 is 2.05 bits per heavy atom. The van der Waals surface area contributed by atoms with Crippen LogP contribution < -0.4 is 0 Å². The Kier molecular flexibility index (Phi) is 24.3. The summed E-state index contributed by atoms with van der Waals surface area (Å²) in [6, 6.07) is 0. The molecule has 0 aromatic heterocycles. The number of rotatable bonds is 9. The van der Waals surface area contributed by atoms with E-state index in [0.717, 1.165) is 32.1 Å². The summed E-state index contributed by atoms with van der Waals surface area (Å²) in [7, 11) is -1.55. The molecule has 1 unspecified atom stereocenters. The molecule has 0 fully saturated rings. The third-order valence-electron chi connectivity index (χ3n) is 2.67. The Hall–Kier alpha value is 0.334. The minimum atomic E-state index is -1.55. The number of hydrogen-bond donors (Lipinski definition) is 0. The second-order valence-corrected chi connectivity index (χ2v) is 10.4. The molecule has 0 aliphatic carbocycles. The maximum Gasteiger partial charge on any atom is 2.00 e. The molecule has 0 saturated carbocycles. The van der Waals surface area contributed by atoms with Gasteiger partial charge in [-0.15, -0.1) is 6.58 Å². The monoisotopic (exact) mass is 362 g/mol. The molecule has 2 radical (unpaired) electrons. The summed E-state index contributed by atoms with van der Waals surface area (Å²) in [5.74, 6) is 2.27. The summed E-state index contributed by atoms with van der Waals surface area (Å²) in [5.41, 5.74) is -0.227. The van der Waals surface area contributed by atoms with E-state index in [9.17, 15) is 0 Å². The number of hydrogen-bond acceptors (Lipinski definition) is 1. The van der Waals surface area contributed by atoms with E-state index >= 15 is 0 Å². The Bertz CT molecular complexity index is 307. The Morgan fingerprint density at radius 2 is 1.82 bits per heavy atom. The van der Waals surface area contributed by atoms with Crippen molar-refractivity contribution in [2.24, 2.45) is 0 Å². The molecule has 0 aliphatic rings. The molecule has 0 bridgehead atoms. The maximum atomic E-state index is 6.35. The van der Waals surface area contributed by atoms with Gasteiger partial charge in [-0.25, -0.2) is 0 Å². The normalized spacial score (nSPS) is 12.2. The minimum absolute atomic E-state index is 0. The average molecular weight is 363 g/mol. The second-order valence-electron chi connectivity index (χ2n) is 5.95. The minimum Gasteiger partial charge on any atom is -0.694 e. The van der Waals surface area contributed by atoms with Crippen molar-refractivity contribution in [3.8, 4) is 5.92 Å². The third-order valence-corrected chi connectivity index (χ3v) is 3.69. The fourth-order valence-electron chi connectivity index (χ4n) is 1.83. The van der Waals surface area contributed by atoms with Gasteiger partial charge in [-0.3, -0.25) is 6.08 Å². The first-order valence-electron chi connectivity index (χ1n) is 7.57. The molecule has 0 amide bonds. The van der Waals surface area contributed by atoms with Crippen LogP contribution >= 0.6 is 0 Å². The molecule has 0 aromatic carbocycles. The molecule has 0 saturated heterocycles. The van der Waals surface area contributed by atoms with Crippen LogP contribution in [0.2, 0.25) is 19.6 Å². The average Bonchev–Trinajstić information content (AvgIpc) is 2.36. The van der Waals surface area contributed by atoms with Gasteiger partial charge >= 0.3 is 17.1 Å². The first kappa shape index (κ1) is 30.2. The first-order valence-corrected chi connectivity index (χ1v) is 11.0. The van der Waals surface area contributed by atoms with Gasteiger partial charge in [0.25, 0.3) is 0 Å². The molecule has 0 aliphatic heterocycles. The molecular formula is C18H32CuLiOSi. The zero-order valence-corrected chi connectivity index (χ0v) is 17.3. The molecular weight excluding hydrogens is 331 g/mol. The van der Waals surface area contributed by atoms with Crippen LogP contribution in [0.4, 0.5) is 0 Å². The van der Waals surface area contributed by atoms with Crippen molar-refractivity contribution in [3.05, 3.63) is 31.7 Å². The van der Waals surface area contributed by atoms with Gasteiger partial charge in [-0.1, -0.05) is 32.8 Å². The van der Waals surface area contributed by atoms with Gasteiger partial charge < -0.3 is 23.3 Å². The Labute approximate surface area is 163 Å². The van der Waals surface area contributed by atoms with Crippen LogP contribution in [-0.2, 0) is 21.5 Å². The molecule has 0 rings (SSSR count). The predicted molar refractivity (Wildman–Crippen MR) is 98.2 cm³/mol.